The van der Waals surface area contributed by atoms with Gasteiger partial charge in [0, 0.05) is 11.9 Å². The van der Waals surface area contributed by atoms with Crippen LogP contribution in [-0.4, -0.2) is 46.8 Å². The van der Waals surface area contributed by atoms with E-state index in [0.29, 0.717) is 25.3 Å². The topological polar surface area (TPSA) is 69.7 Å². The van der Waals surface area contributed by atoms with Gasteiger partial charge in [-0.25, -0.2) is 4.79 Å². The number of nitrogens with one attached hydrogen (secondary N) is 1. The molecular formula is C19H26BrN3O3S. The smallest absolute Gasteiger partial charge is 0.325 e. The summed E-state index contributed by atoms with van der Waals surface area (Å²) in [5.74, 6) is -0.162. The van der Waals surface area contributed by atoms with Crippen molar-refractivity contribution in [1.29, 1.82) is 0 Å². The zero-order valence-corrected chi connectivity index (χ0v) is 18.6. The van der Waals surface area contributed by atoms with Crippen molar-refractivity contribution in [3.05, 3.63) is 20.8 Å². The molecule has 2 unspecified atom stereocenters. The number of carbonyl (C=O) groups is 3. The average molecular weight is 456 g/mol. The maximum atomic E-state index is 13.1. The molecule has 2 fully saturated rings. The second-order valence-electron chi connectivity index (χ2n) is 8.71. The Hall–Kier alpha value is -1.41. The third kappa shape index (κ3) is 4.21. The molecule has 1 saturated carbocycles. The van der Waals surface area contributed by atoms with Gasteiger partial charge in [-0.2, -0.15) is 0 Å². The van der Waals surface area contributed by atoms with Crippen molar-refractivity contribution in [1.82, 2.24) is 15.1 Å². The Labute approximate surface area is 172 Å². The van der Waals surface area contributed by atoms with Crippen LogP contribution in [-0.2, 0) is 16.1 Å². The van der Waals surface area contributed by atoms with E-state index < -0.39 is 11.6 Å². The lowest BCUT2D eigenvalue weighted by Gasteiger charge is -2.43. The van der Waals surface area contributed by atoms with Crippen LogP contribution in [0.1, 0.15) is 44.9 Å². The second kappa shape index (κ2) is 7.20. The number of rotatable bonds is 4. The highest BCUT2D eigenvalue weighted by molar-refractivity contribution is 9.11. The average Bonchev–Trinajstić information content (AvgIpc) is 3.02. The number of amides is 4. The summed E-state index contributed by atoms with van der Waals surface area (Å²) in [5, 5.41) is 2.92. The molecule has 0 aromatic carbocycles. The minimum atomic E-state index is -0.865. The minimum absolute atomic E-state index is 0.0238. The van der Waals surface area contributed by atoms with Crippen LogP contribution in [0, 0.1) is 11.3 Å². The molecule has 0 bridgehead atoms. The summed E-state index contributed by atoms with van der Waals surface area (Å²) in [6.45, 7) is 6.61. The minimum Gasteiger partial charge on any atom is -0.339 e. The second-order valence-corrected chi connectivity index (χ2v) is 11.3. The zero-order chi connectivity index (χ0) is 20.0. The largest absolute Gasteiger partial charge is 0.339 e. The first-order valence-corrected chi connectivity index (χ1v) is 10.7. The van der Waals surface area contributed by atoms with E-state index in [-0.39, 0.29) is 23.8 Å². The molecule has 1 spiro atoms. The van der Waals surface area contributed by atoms with Crippen LogP contribution < -0.4 is 5.32 Å². The molecule has 0 radical (unpaired) electrons. The highest BCUT2D eigenvalue weighted by Crippen LogP contribution is 2.46. The van der Waals surface area contributed by atoms with Gasteiger partial charge >= 0.3 is 6.03 Å². The van der Waals surface area contributed by atoms with E-state index in [1.165, 1.54) is 0 Å². The van der Waals surface area contributed by atoms with Gasteiger partial charge in [-0.3, -0.25) is 14.5 Å². The van der Waals surface area contributed by atoms with Crippen molar-refractivity contribution >= 4 is 45.1 Å². The first-order chi connectivity index (χ1) is 12.5. The summed E-state index contributed by atoms with van der Waals surface area (Å²) in [5.41, 5.74) is -0.889. The molecule has 1 saturated heterocycles. The fraction of sp³-hybridized carbons (Fsp3) is 0.632. The third-order valence-electron chi connectivity index (χ3n) is 5.37. The molecule has 1 N–H and O–H groups in total. The molecule has 1 aliphatic heterocycles. The highest BCUT2D eigenvalue weighted by atomic mass is 79.9. The first kappa shape index (κ1) is 20.3. The van der Waals surface area contributed by atoms with Crippen LogP contribution in [0.15, 0.2) is 15.9 Å². The summed E-state index contributed by atoms with van der Waals surface area (Å²) in [6, 6.07) is 3.43. The Balaban J connectivity index is 1.69. The molecular weight excluding hydrogens is 430 g/mol. The van der Waals surface area contributed by atoms with Crippen LogP contribution in [0.3, 0.4) is 0 Å². The van der Waals surface area contributed by atoms with Crippen LogP contribution >= 0.6 is 27.3 Å². The van der Waals surface area contributed by atoms with Crippen LogP contribution in [0.4, 0.5) is 4.79 Å². The highest BCUT2D eigenvalue weighted by Gasteiger charge is 2.56. The van der Waals surface area contributed by atoms with Crippen molar-refractivity contribution in [2.45, 2.75) is 52.1 Å². The number of thiophene rings is 1. The molecule has 27 heavy (non-hydrogen) atoms. The van der Waals surface area contributed by atoms with Crippen molar-refractivity contribution in [3.8, 4) is 0 Å². The lowest BCUT2D eigenvalue weighted by atomic mass is 9.64. The van der Waals surface area contributed by atoms with Gasteiger partial charge in [0.25, 0.3) is 5.91 Å². The Morgan fingerprint density at radius 1 is 1.37 bits per heavy atom. The van der Waals surface area contributed by atoms with Gasteiger partial charge in [0.15, 0.2) is 0 Å². The van der Waals surface area contributed by atoms with E-state index in [1.54, 1.807) is 23.3 Å². The number of urea groups is 1. The van der Waals surface area contributed by atoms with Crippen LogP contribution in [0.5, 0.6) is 0 Å². The molecule has 1 aliphatic carbocycles. The summed E-state index contributed by atoms with van der Waals surface area (Å²) < 4.78 is 1.00. The Bertz CT molecular complexity index is 778. The number of nitrogens with zero attached hydrogens (tertiary/aromatic N) is 2. The van der Waals surface area contributed by atoms with Crippen LogP contribution in [0.2, 0.25) is 0 Å². The maximum Gasteiger partial charge on any atom is 0.325 e. The fourth-order valence-corrected chi connectivity index (χ4v) is 6.20. The molecule has 2 heterocycles. The van der Waals surface area contributed by atoms with Crippen LogP contribution in [0.25, 0.3) is 0 Å². The van der Waals surface area contributed by atoms with Gasteiger partial charge in [-0.1, -0.05) is 20.8 Å². The van der Waals surface area contributed by atoms with Gasteiger partial charge in [0.2, 0.25) is 5.91 Å². The van der Waals surface area contributed by atoms with Crippen molar-refractivity contribution in [3.63, 3.8) is 0 Å². The standard InChI is InChI=1S/C19H26BrN3O3S/c1-12-7-18(2,3)11-19(8-12)16(25)23(17(26)21-19)10-15(24)22(4)9-13-5-6-14(20)27-13/h5-6,12H,7-11H2,1-4H3,(H,21,26). The summed E-state index contributed by atoms with van der Waals surface area (Å²) in [6.07, 6.45) is 2.26. The molecule has 1 aromatic heterocycles. The molecule has 3 rings (SSSR count). The predicted molar refractivity (Wildman–Crippen MR) is 108 cm³/mol. The van der Waals surface area contributed by atoms with E-state index >= 15 is 0 Å². The van der Waals surface area contributed by atoms with Crippen molar-refractivity contribution in [2.24, 2.45) is 11.3 Å². The Kier molecular flexibility index (Phi) is 5.42. The normalized spacial score (nSPS) is 27.1. The maximum absolute atomic E-state index is 13.1. The van der Waals surface area contributed by atoms with Gasteiger partial charge in [0.1, 0.15) is 12.1 Å². The van der Waals surface area contributed by atoms with Crippen molar-refractivity contribution < 1.29 is 14.4 Å². The fourth-order valence-electron chi connectivity index (χ4n) is 4.66. The van der Waals surface area contributed by atoms with E-state index in [1.807, 2.05) is 12.1 Å². The molecule has 2 aliphatic rings. The van der Waals surface area contributed by atoms with E-state index in [4.69, 9.17) is 0 Å². The number of imide groups is 1. The lowest BCUT2D eigenvalue weighted by Crippen LogP contribution is -2.54. The molecule has 6 nitrogen and oxygen atoms in total. The molecule has 8 heteroatoms. The first-order valence-electron chi connectivity index (χ1n) is 9.14. The Morgan fingerprint density at radius 2 is 2.07 bits per heavy atom. The molecule has 4 amide bonds. The van der Waals surface area contributed by atoms with Gasteiger partial charge < -0.3 is 10.2 Å². The van der Waals surface area contributed by atoms with Gasteiger partial charge in [-0.15, -0.1) is 11.3 Å². The van der Waals surface area contributed by atoms with Crippen molar-refractivity contribution in [2.75, 3.05) is 13.6 Å². The zero-order valence-electron chi connectivity index (χ0n) is 16.2. The number of hydrogen-bond donors (Lipinski definition) is 1. The molecule has 1 aromatic rings. The van der Waals surface area contributed by atoms with Gasteiger partial charge in [-0.05, 0) is 58.7 Å². The van der Waals surface area contributed by atoms with E-state index in [2.05, 4.69) is 42.0 Å². The monoisotopic (exact) mass is 455 g/mol. The third-order valence-corrected chi connectivity index (χ3v) is 6.97. The summed E-state index contributed by atoms with van der Waals surface area (Å²) >= 11 is 4.97. The number of hydrogen-bond acceptors (Lipinski definition) is 4. The van der Waals surface area contributed by atoms with Gasteiger partial charge in [0.05, 0.1) is 10.3 Å². The quantitative estimate of drug-likeness (QED) is 0.704. The predicted octanol–water partition coefficient (Wildman–Crippen LogP) is 3.61. The lowest BCUT2D eigenvalue weighted by molar-refractivity contribution is -0.140. The number of carbonyl (C=O) groups excluding carboxylic acids is 3. The van der Waals surface area contributed by atoms with E-state index in [0.717, 1.165) is 20.0 Å². The molecule has 148 valence electrons. The summed E-state index contributed by atoms with van der Waals surface area (Å²) in [4.78, 5) is 41.9. The van der Waals surface area contributed by atoms with E-state index in [9.17, 15) is 14.4 Å². The number of likely N-dealkylation sites (N-methyl/N-ethyl adjacent to an activating group) is 1. The Morgan fingerprint density at radius 3 is 2.67 bits per heavy atom. The molecule has 2 atom stereocenters. The summed E-state index contributed by atoms with van der Waals surface area (Å²) in [7, 11) is 1.69. The number of halogens is 1. The SMILES string of the molecule is CC1CC(C)(C)CC2(C1)NC(=O)N(CC(=O)N(C)Cc1ccc(Br)s1)C2=O.